The second-order valence-electron chi connectivity index (χ2n) is 3.89. The number of hydrogen-bond acceptors (Lipinski definition) is 4. The van der Waals surface area contributed by atoms with Crippen molar-refractivity contribution in [3.8, 4) is 5.88 Å². The van der Waals surface area contributed by atoms with E-state index in [4.69, 9.17) is 0 Å². The third-order valence-corrected chi connectivity index (χ3v) is 3.48. The second kappa shape index (κ2) is 5.18. The number of aromatic nitrogens is 1. The van der Waals surface area contributed by atoms with Gasteiger partial charge in [-0.25, -0.2) is 0 Å². The third kappa shape index (κ3) is 2.51. The van der Waals surface area contributed by atoms with E-state index in [-0.39, 0.29) is 10.8 Å². The maximum Gasteiger partial charge on any atom is 0.310 e. The summed E-state index contributed by atoms with van der Waals surface area (Å²) in [4.78, 5) is 16.1. The van der Waals surface area contributed by atoms with Crippen molar-refractivity contribution in [3.63, 3.8) is 0 Å². The Balaban J connectivity index is 2.29. The molecule has 2 rings (SSSR count). The molecule has 0 saturated carbocycles. The molecule has 0 fully saturated rings. The van der Waals surface area contributed by atoms with Gasteiger partial charge < -0.3 is 5.11 Å². The predicted octanol–water partition coefficient (Wildman–Crippen LogP) is 2.69. The summed E-state index contributed by atoms with van der Waals surface area (Å²) >= 11 is 0.996. The average molecular weight is 262 g/mol. The summed E-state index contributed by atoms with van der Waals surface area (Å²) in [5, 5.41) is 9.81. The summed E-state index contributed by atoms with van der Waals surface area (Å²) in [5.41, 5.74) is 1.96. The molecule has 0 spiro atoms. The van der Waals surface area contributed by atoms with Crippen molar-refractivity contribution in [3.05, 3.63) is 44.4 Å². The van der Waals surface area contributed by atoms with E-state index in [0.717, 1.165) is 17.0 Å². The zero-order valence-electron chi connectivity index (χ0n) is 10.3. The molecule has 0 aliphatic rings. The molecular weight excluding hydrogens is 248 g/mol. The van der Waals surface area contributed by atoms with Gasteiger partial charge in [0.15, 0.2) is 0 Å². The summed E-state index contributed by atoms with van der Waals surface area (Å²) in [6, 6.07) is 7.71. The average Bonchev–Trinajstić information content (AvgIpc) is 2.63. The van der Waals surface area contributed by atoms with E-state index in [2.05, 4.69) is 4.99 Å². The van der Waals surface area contributed by atoms with Crippen LogP contribution in [0.5, 0.6) is 5.88 Å². The Morgan fingerprint density at radius 1 is 1.39 bits per heavy atom. The Hall–Kier alpha value is -1.88. The largest absolute Gasteiger partial charge is 0.493 e. The summed E-state index contributed by atoms with van der Waals surface area (Å²) < 4.78 is 1.32. The van der Waals surface area contributed by atoms with Gasteiger partial charge in [-0.3, -0.25) is 14.4 Å². The number of aliphatic imine (C=N–C) groups is 1. The third-order valence-electron chi connectivity index (χ3n) is 2.57. The molecule has 1 N–H and O–H groups in total. The van der Waals surface area contributed by atoms with Crippen LogP contribution in [0, 0.1) is 6.92 Å². The lowest BCUT2D eigenvalue weighted by molar-refractivity contribution is 0.417. The highest BCUT2D eigenvalue weighted by atomic mass is 32.1. The van der Waals surface area contributed by atoms with Crippen LogP contribution in [0.4, 0.5) is 5.69 Å². The standard InChI is InChI=1S/C13H14N2O2S/c1-3-15-12(16)11(18-13(15)17)8-14-10-6-4-9(2)5-7-10/h4-8,16H,3H2,1-2H3. The summed E-state index contributed by atoms with van der Waals surface area (Å²) in [5.74, 6) is -0.0108. The molecule has 0 aliphatic heterocycles. The van der Waals surface area contributed by atoms with Gasteiger partial charge >= 0.3 is 4.87 Å². The molecule has 1 heterocycles. The van der Waals surface area contributed by atoms with E-state index in [1.807, 2.05) is 38.1 Å². The molecule has 0 unspecified atom stereocenters. The fourth-order valence-corrected chi connectivity index (χ4v) is 2.36. The first kappa shape index (κ1) is 12.6. The lowest BCUT2D eigenvalue weighted by Gasteiger charge is -1.97. The number of aromatic hydroxyl groups is 1. The molecule has 4 nitrogen and oxygen atoms in total. The molecule has 1 aromatic carbocycles. The first-order valence-corrected chi connectivity index (χ1v) is 6.46. The number of thiazole rings is 1. The fourth-order valence-electron chi connectivity index (χ4n) is 1.54. The van der Waals surface area contributed by atoms with Gasteiger partial charge in [0.2, 0.25) is 5.88 Å². The van der Waals surface area contributed by atoms with Gasteiger partial charge in [-0.15, -0.1) is 0 Å². The van der Waals surface area contributed by atoms with Crippen molar-refractivity contribution in [1.82, 2.24) is 4.57 Å². The van der Waals surface area contributed by atoms with Gasteiger partial charge in [0.25, 0.3) is 0 Å². The normalized spacial score (nSPS) is 11.2. The lowest BCUT2D eigenvalue weighted by atomic mass is 10.2. The van der Waals surface area contributed by atoms with E-state index in [1.54, 1.807) is 0 Å². The van der Waals surface area contributed by atoms with Crippen molar-refractivity contribution in [1.29, 1.82) is 0 Å². The van der Waals surface area contributed by atoms with Crippen LogP contribution in [0.3, 0.4) is 0 Å². The van der Waals surface area contributed by atoms with Crippen LogP contribution in [0.25, 0.3) is 0 Å². The molecular formula is C13H14N2O2S. The molecule has 0 amide bonds. The predicted molar refractivity (Wildman–Crippen MR) is 74.4 cm³/mol. The van der Waals surface area contributed by atoms with E-state index in [9.17, 15) is 9.90 Å². The molecule has 0 saturated heterocycles. The fraction of sp³-hybridized carbons (Fsp3) is 0.231. The highest BCUT2D eigenvalue weighted by molar-refractivity contribution is 7.11. The Morgan fingerprint density at radius 2 is 2.06 bits per heavy atom. The van der Waals surface area contributed by atoms with Crippen LogP contribution >= 0.6 is 11.3 Å². The summed E-state index contributed by atoms with van der Waals surface area (Å²) in [6.45, 7) is 4.28. The van der Waals surface area contributed by atoms with Crippen molar-refractivity contribution < 1.29 is 5.11 Å². The second-order valence-corrected chi connectivity index (χ2v) is 4.89. The van der Waals surface area contributed by atoms with Gasteiger partial charge in [0.05, 0.1) is 11.9 Å². The van der Waals surface area contributed by atoms with Crippen molar-refractivity contribution in [2.24, 2.45) is 4.99 Å². The molecule has 18 heavy (non-hydrogen) atoms. The minimum Gasteiger partial charge on any atom is -0.493 e. The van der Waals surface area contributed by atoms with Crippen LogP contribution in [0.2, 0.25) is 0 Å². The summed E-state index contributed by atoms with van der Waals surface area (Å²) in [7, 11) is 0. The van der Waals surface area contributed by atoms with Crippen LogP contribution < -0.4 is 4.87 Å². The highest BCUT2D eigenvalue weighted by Gasteiger charge is 2.10. The number of hydrogen-bond donors (Lipinski definition) is 1. The number of nitrogens with zero attached hydrogens (tertiary/aromatic N) is 2. The van der Waals surface area contributed by atoms with E-state index in [0.29, 0.717) is 11.4 Å². The first-order valence-electron chi connectivity index (χ1n) is 5.65. The van der Waals surface area contributed by atoms with Crippen molar-refractivity contribution in [2.45, 2.75) is 20.4 Å². The minimum atomic E-state index is -0.166. The number of benzene rings is 1. The smallest absolute Gasteiger partial charge is 0.310 e. The van der Waals surface area contributed by atoms with E-state index in [1.165, 1.54) is 16.3 Å². The quantitative estimate of drug-likeness (QED) is 0.865. The Kier molecular flexibility index (Phi) is 3.62. The van der Waals surface area contributed by atoms with Crippen LogP contribution in [-0.2, 0) is 6.54 Å². The molecule has 1 aromatic heterocycles. The van der Waals surface area contributed by atoms with Crippen LogP contribution in [0.1, 0.15) is 17.4 Å². The zero-order chi connectivity index (χ0) is 13.1. The zero-order valence-corrected chi connectivity index (χ0v) is 11.1. The van der Waals surface area contributed by atoms with Gasteiger partial charge in [0, 0.05) is 6.54 Å². The van der Waals surface area contributed by atoms with Crippen LogP contribution in [-0.4, -0.2) is 15.9 Å². The molecule has 0 atom stereocenters. The first-order chi connectivity index (χ1) is 8.61. The van der Waals surface area contributed by atoms with E-state index < -0.39 is 0 Å². The van der Waals surface area contributed by atoms with Crippen molar-refractivity contribution >= 4 is 23.2 Å². The van der Waals surface area contributed by atoms with Gasteiger partial charge in [-0.1, -0.05) is 29.0 Å². The molecule has 0 radical (unpaired) electrons. The maximum atomic E-state index is 11.5. The topological polar surface area (TPSA) is 54.6 Å². The van der Waals surface area contributed by atoms with E-state index >= 15 is 0 Å². The SMILES string of the molecule is CCn1c(O)c(C=Nc2ccc(C)cc2)sc1=O. The Labute approximate surface area is 109 Å². The molecule has 0 aliphatic carbocycles. The maximum absolute atomic E-state index is 11.5. The molecule has 2 aromatic rings. The monoisotopic (exact) mass is 262 g/mol. The summed E-state index contributed by atoms with van der Waals surface area (Å²) in [6.07, 6.45) is 1.53. The highest BCUT2D eigenvalue weighted by Crippen LogP contribution is 2.19. The number of aryl methyl sites for hydroxylation is 1. The van der Waals surface area contributed by atoms with Crippen LogP contribution in [0.15, 0.2) is 34.1 Å². The Bertz CT molecular complexity index is 623. The minimum absolute atomic E-state index is 0.0108. The lowest BCUT2D eigenvalue weighted by Crippen LogP contribution is -2.09. The van der Waals surface area contributed by atoms with Gasteiger partial charge in [-0.2, -0.15) is 0 Å². The number of rotatable bonds is 3. The van der Waals surface area contributed by atoms with Crippen molar-refractivity contribution in [2.75, 3.05) is 0 Å². The van der Waals surface area contributed by atoms with Gasteiger partial charge in [0.1, 0.15) is 4.88 Å². The molecule has 5 heteroatoms. The molecule has 94 valence electrons. The van der Waals surface area contributed by atoms with Gasteiger partial charge in [-0.05, 0) is 26.0 Å². The Morgan fingerprint density at radius 3 is 2.61 bits per heavy atom. The molecule has 0 bridgehead atoms.